The first-order valence-electron chi connectivity index (χ1n) is 6.14. The van der Waals surface area contributed by atoms with Crippen molar-refractivity contribution >= 4 is 14.2 Å². The third kappa shape index (κ3) is 2.47. The molecule has 0 saturated heterocycles. The average molecular weight is 236 g/mol. The fourth-order valence-electron chi connectivity index (χ4n) is 2.61. The fourth-order valence-corrected chi connectivity index (χ4v) is 5.04. The van der Waals surface area contributed by atoms with Gasteiger partial charge < -0.3 is 9.53 Å². The quantitative estimate of drug-likeness (QED) is 0.813. The fraction of sp³-hybridized carbons (Fsp3) is 0.538. The number of benzene rings is 1. The van der Waals surface area contributed by atoms with E-state index in [9.17, 15) is 4.80 Å². The monoisotopic (exact) mass is 236 g/mol. The van der Waals surface area contributed by atoms with Crippen LogP contribution in [0.5, 0.6) is 5.75 Å². The molecule has 2 rings (SSSR count). The van der Waals surface area contributed by atoms with Gasteiger partial charge >= 0.3 is 0 Å². The molecule has 1 N–H and O–H groups in total. The minimum absolute atomic E-state index is 0.546. The maximum absolute atomic E-state index is 10.5. The molecular weight excluding hydrogens is 216 g/mol. The summed E-state index contributed by atoms with van der Waals surface area (Å²) in [5.74, 6) is 0.868. The second-order valence-electron chi connectivity index (χ2n) is 4.58. The van der Waals surface area contributed by atoms with Gasteiger partial charge in [0, 0.05) is 5.19 Å². The molecule has 0 spiro atoms. The smallest absolute Gasteiger partial charge is 0.210 e. The first-order valence-corrected chi connectivity index (χ1v) is 7.90. The van der Waals surface area contributed by atoms with Crippen LogP contribution in [0.25, 0.3) is 0 Å². The minimum Gasteiger partial charge on any atom is -0.497 e. The predicted molar refractivity (Wildman–Crippen MR) is 68.8 cm³/mol. The first-order chi connectivity index (χ1) is 7.83. The molecular formula is C13H20O2Si. The Morgan fingerprint density at radius 1 is 1.19 bits per heavy atom. The standard InChI is InChI=1S/C13H20O2Si/c1-15-12-9-5-6-10-13(12)16(14)11-7-3-2-4-8-11/h5-6,9-11,14,16H,2-4,7-8H2,1H3/t16-/m0/s1. The largest absolute Gasteiger partial charge is 0.497 e. The van der Waals surface area contributed by atoms with E-state index in [2.05, 4.69) is 0 Å². The predicted octanol–water partition coefficient (Wildman–Crippen LogP) is 1.95. The Bertz CT molecular complexity index is 334. The first kappa shape index (κ1) is 11.7. The molecule has 0 radical (unpaired) electrons. The molecule has 88 valence electrons. The van der Waals surface area contributed by atoms with Gasteiger partial charge in [-0.3, -0.25) is 0 Å². The Labute approximate surface area is 99.0 Å². The van der Waals surface area contributed by atoms with E-state index in [1.165, 1.54) is 32.1 Å². The van der Waals surface area contributed by atoms with Crippen LogP contribution in [0.1, 0.15) is 32.1 Å². The summed E-state index contributed by atoms with van der Waals surface area (Å²) < 4.78 is 5.33. The molecule has 1 aliphatic rings. The van der Waals surface area contributed by atoms with Crippen LogP contribution in [-0.2, 0) is 0 Å². The van der Waals surface area contributed by atoms with Crippen molar-refractivity contribution in [3.05, 3.63) is 24.3 Å². The van der Waals surface area contributed by atoms with Gasteiger partial charge in [-0.1, -0.05) is 50.3 Å². The van der Waals surface area contributed by atoms with Crippen LogP contribution in [0.2, 0.25) is 5.54 Å². The Balaban J connectivity index is 2.15. The number of rotatable bonds is 3. The highest BCUT2D eigenvalue weighted by Crippen LogP contribution is 2.31. The van der Waals surface area contributed by atoms with Crippen molar-refractivity contribution < 1.29 is 9.53 Å². The number of methoxy groups -OCH3 is 1. The van der Waals surface area contributed by atoms with Crippen molar-refractivity contribution in [2.45, 2.75) is 37.6 Å². The van der Waals surface area contributed by atoms with Crippen LogP contribution in [0, 0.1) is 0 Å². The lowest BCUT2D eigenvalue weighted by Gasteiger charge is -2.26. The van der Waals surface area contributed by atoms with Gasteiger partial charge in [0.2, 0.25) is 9.04 Å². The van der Waals surface area contributed by atoms with Crippen LogP contribution in [0.4, 0.5) is 0 Å². The summed E-state index contributed by atoms with van der Waals surface area (Å²) in [5, 5.41) is 1.08. The molecule has 0 bridgehead atoms. The topological polar surface area (TPSA) is 29.5 Å². The summed E-state index contributed by atoms with van der Waals surface area (Å²) in [5.41, 5.74) is 0.546. The molecule has 16 heavy (non-hydrogen) atoms. The lowest BCUT2D eigenvalue weighted by Crippen LogP contribution is -2.37. The van der Waals surface area contributed by atoms with Gasteiger partial charge in [-0.05, 0) is 11.6 Å². The Morgan fingerprint density at radius 3 is 2.56 bits per heavy atom. The third-order valence-corrected chi connectivity index (χ3v) is 6.23. The van der Waals surface area contributed by atoms with Gasteiger partial charge in [-0.15, -0.1) is 0 Å². The maximum Gasteiger partial charge on any atom is 0.210 e. The van der Waals surface area contributed by atoms with Gasteiger partial charge in [0.05, 0.1) is 7.11 Å². The van der Waals surface area contributed by atoms with Gasteiger partial charge in [0.15, 0.2) is 0 Å². The van der Waals surface area contributed by atoms with Crippen LogP contribution in [0.15, 0.2) is 24.3 Å². The van der Waals surface area contributed by atoms with Crippen molar-refractivity contribution in [1.82, 2.24) is 0 Å². The van der Waals surface area contributed by atoms with E-state index in [4.69, 9.17) is 4.74 Å². The summed E-state index contributed by atoms with van der Waals surface area (Å²) in [6.07, 6.45) is 6.30. The van der Waals surface area contributed by atoms with E-state index in [0.717, 1.165) is 10.9 Å². The summed E-state index contributed by atoms with van der Waals surface area (Å²) in [6, 6.07) is 7.94. The Hall–Kier alpha value is -0.803. The summed E-state index contributed by atoms with van der Waals surface area (Å²) in [4.78, 5) is 10.5. The summed E-state index contributed by atoms with van der Waals surface area (Å²) >= 11 is 0. The molecule has 1 aliphatic carbocycles. The van der Waals surface area contributed by atoms with Gasteiger partial charge in [-0.25, -0.2) is 0 Å². The molecule has 3 heteroatoms. The van der Waals surface area contributed by atoms with Crippen molar-refractivity contribution in [2.24, 2.45) is 0 Å². The zero-order chi connectivity index (χ0) is 11.4. The molecule has 1 aromatic rings. The average Bonchev–Trinajstić information content (AvgIpc) is 2.39. The highest BCUT2D eigenvalue weighted by molar-refractivity contribution is 6.68. The van der Waals surface area contributed by atoms with E-state index in [1.807, 2.05) is 24.3 Å². The van der Waals surface area contributed by atoms with Crippen LogP contribution in [-0.4, -0.2) is 20.9 Å². The normalized spacial score (nSPS) is 19.4. The van der Waals surface area contributed by atoms with E-state index in [-0.39, 0.29) is 0 Å². The lowest BCUT2D eigenvalue weighted by molar-refractivity contribution is 0.414. The number of hydrogen-bond donors (Lipinski definition) is 1. The van der Waals surface area contributed by atoms with Crippen molar-refractivity contribution in [2.75, 3.05) is 7.11 Å². The molecule has 1 atom stereocenters. The number of hydrogen-bond acceptors (Lipinski definition) is 2. The number of para-hydroxylation sites is 1. The van der Waals surface area contributed by atoms with Crippen LogP contribution in [0.3, 0.4) is 0 Å². The summed E-state index contributed by atoms with van der Waals surface area (Å²) in [7, 11) is -0.142. The SMILES string of the molecule is COc1ccccc1[Si@@H](O)C1CCCCC1. The molecule has 0 aliphatic heterocycles. The molecule has 0 unspecified atom stereocenters. The zero-order valence-corrected chi connectivity index (χ0v) is 11.0. The third-order valence-electron chi connectivity index (χ3n) is 3.55. The molecule has 1 saturated carbocycles. The van der Waals surface area contributed by atoms with E-state index in [0.29, 0.717) is 5.54 Å². The molecule has 2 nitrogen and oxygen atoms in total. The van der Waals surface area contributed by atoms with Gasteiger partial charge in [0.1, 0.15) is 5.75 Å². The van der Waals surface area contributed by atoms with Crippen molar-refractivity contribution in [3.63, 3.8) is 0 Å². The van der Waals surface area contributed by atoms with Crippen molar-refractivity contribution in [3.8, 4) is 5.75 Å². The second kappa shape index (κ2) is 5.50. The second-order valence-corrected chi connectivity index (χ2v) is 7.04. The zero-order valence-electron chi connectivity index (χ0n) is 9.86. The molecule has 0 aromatic heterocycles. The van der Waals surface area contributed by atoms with Gasteiger partial charge in [-0.2, -0.15) is 0 Å². The maximum atomic E-state index is 10.5. The molecule has 1 aromatic carbocycles. The Morgan fingerprint density at radius 2 is 1.88 bits per heavy atom. The molecule has 0 heterocycles. The van der Waals surface area contributed by atoms with Crippen LogP contribution >= 0.6 is 0 Å². The van der Waals surface area contributed by atoms with Gasteiger partial charge in [0.25, 0.3) is 0 Å². The molecule has 0 amide bonds. The summed E-state index contributed by atoms with van der Waals surface area (Å²) in [6.45, 7) is 0. The highest BCUT2D eigenvalue weighted by Gasteiger charge is 2.27. The van der Waals surface area contributed by atoms with E-state index < -0.39 is 9.04 Å². The number of ether oxygens (including phenoxy) is 1. The lowest BCUT2D eigenvalue weighted by atomic mass is 10.0. The molecule has 1 fully saturated rings. The Kier molecular flexibility index (Phi) is 4.02. The van der Waals surface area contributed by atoms with E-state index >= 15 is 0 Å². The minimum atomic E-state index is -1.82. The van der Waals surface area contributed by atoms with Crippen LogP contribution < -0.4 is 9.92 Å². The van der Waals surface area contributed by atoms with E-state index in [1.54, 1.807) is 7.11 Å². The highest BCUT2D eigenvalue weighted by atomic mass is 28.3. The van der Waals surface area contributed by atoms with Crippen molar-refractivity contribution in [1.29, 1.82) is 0 Å².